The summed E-state index contributed by atoms with van der Waals surface area (Å²) in [7, 11) is 1.28. The molecule has 5 atom stereocenters. The second-order valence-electron chi connectivity index (χ2n) is 5.29. The Morgan fingerprint density at radius 2 is 2.08 bits per heavy atom. The molecule has 1 heterocycles. The fraction of sp³-hybridized carbons (Fsp3) is 0.471. The summed E-state index contributed by atoms with van der Waals surface area (Å²) < 4.78 is 15.6. The smallest absolute Gasteiger partial charge is 0.338 e. The van der Waals surface area contributed by atoms with Gasteiger partial charge in [-0.2, -0.15) is 0 Å². The lowest BCUT2D eigenvalue weighted by molar-refractivity contribution is -0.217. The number of ether oxygens (including phenoxy) is 3. The number of esters is 1. The third kappa shape index (κ3) is 4.52. The van der Waals surface area contributed by atoms with Crippen LogP contribution < -0.4 is 0 Å². The van der Waals surface area contributed by atoms with E-state index in [0.29, 0.717) is 10.5 Å². The Labute approximate surface area is 149 Å². The fourth-order valence-corrected chi connectivity index (χ4v) is 3.64. The van der Waals surface area contributed by atoms with Gasteiger partial charge in [0.25, 0.3) is 0 Å². The van der Waals surface area contributed by atoms with Gasteiger partial charge in [-0.05, 0) is 12.1 Å². The van der Waals surface area contributed by atoms with E-state index in [2.05, 4.69) is 5.92 Å². The number of carbonyl (C=O) groups excluding carboxylic acids is 1. The first kappa shape index (κ1) is 19.7. The molecule has 1 aliphatic heterocycles. The number of carbonyl (C=O) groups is 1. The number of methoxy groups -OCH3 is 1. The van der Waals surface area contributed by atoms with Crippen LogP contribution >= 0.6 is 11.8 Å². The highest BCUT2D eigenvalue weighted by molar-refractivity contribution is 8.00. The second-order valence-corrected chi connectivity index (χ2v) is 6.43. The maximum absolute atomic E-state index is 11.9. The molecule has 0 radical (unpaired) electrons. The first-order chi connectivity index (χ1) is 12.0. The predicted molar refractivity (Wildman–Crippen MR) is 90.0 cm³/mol. The summed E-state index contributed by atoms with van der Waals surface area (Å²) in [6, 6.07) is 6.69. The fourth-order valence-electron chi connectivity index (χ4n) is 2.46. The van der Waals surface area contributed by atoms with Crippen LogP contribution in [-0.2, 0) is 14.2 Å². The molecule has 8 heteroatoms. The Kier molecular flexibility index (Phi) is 7.25. The van der Waals surface area contributed by atoms with Gasteiger partial charge in [0.1, 0.15) is 36.5 Å². The van der Waals surface area contributed by atoms with Crippen LogP contribution in [0.4, 0.5) is 0 Å². The molecule has 7 nitrogen and oxygen atoms in total. The zero-order valence-corrected chi connectivity index (χ0v) is 14.4. The summed E-state index contributed by atoms with van der Waals surface area (Å²) in [5.74, 6) is 1.75. The first-order valence-electron chi connectivity index (χ1n) is 7.55. The molecule has 0 amide bonds. The predicted octanol–water partition coefficient (Wildman–Crippen LogP) is 0.0227. The molecule has 0 aliphatic carbocycles. The van der Waals surface area contributed by atoms with Crippen LogP contribution in [0.25, 0.3) is 0 Å². The summed E-state index contributed by atoms with van der Waals surface area (Å²) in [5.41, 5.74) is -0.562. The number of hydrogen-bond donors (Lipinski definition) is 3. The Morgan fingerprint density at radius 1 is 1.36 bits per heavy atom. The summed E-state index contributed by atoms with van der Waals surface area (Å²) in [6.45, 7) is -0.563. The van der Waals surface area contributed by atoms with E-state index in [4.69, 9.17) is 20.6 Å². The lowest BCUT2D eigenvalue weighted by atomic mass is 10.00. The number of benzene rings is 1. The number of rotatable bonds is 6. The molecule has 136 valence electrons. The van der Waals surface area contributed by atoms with Crippen LogP contribution in [0, 0.1) is 12.3 Å². The average molecular weight is 368 g/mol. The molecule has 0 unspecified atom stereocenters. The Bertz CT molecular complexity index is 630. The molecule has 0 saturated carbocycles. The monoisotopic (exact) mass is 368 g/mol. The summed E-state index contributed by atoms with van der Waals surface area (Å²) in [5, 5.41) is 30.1. The van der Waals surface area contributed by atoms with Crippen molar-refractivity contribution in [3.8, 4) is 12.3 Å². The summed E-state index contributed by atoms with van der Waals surface area (Å²) in [6.07, 6.45) is 0.726. The van der Waals surface area contributed by atoms with E-state index in [-0.39, 0.29) is 6.61 Å². The minimum atomic E-state index is -1.24. The van der Waals surface area contributed by atoms with Crippen molar-refractivity contribution in [3.05, 3.63) is 29.8 Å². The molecule has 0 bridgehead atoms. The third-order valence-electron chi connectivity index (χ3n) is 3.72. The van der Waals surface area contributed by atoms with Crippen molar-refractivity contribution in [1.82, 2.24) is 0 Å². The van der Waals surface area contributed by atoms with Crippen LogP contribution in [0.3, 0.4) is 0 Å². The van der Waals surface area contributed by atoms with Crippen LogP contribution in [0.1, 0.15) is 10.4 Å². The van der Waals surface area contributed by atoms with Crippen molar-refractivity contribution < 1.29 is 34.3 Å². The first-order valence-corrected chi connectivity index (χ1v) is 8.43. The highest BCUT2D eigenvalue weighted by Gasteiger charge is 2.45. The van der Waals surface area contributed by atoms with Crippen molar-refractivity contribution >= 4 is 17.7 Å². The van der Waals surface area contributed by atoms with Crippen LogP contribution in [0.5, 0.6) is 0 Å². The van der Waals surface area contributed by atoms with E-state index in [1.807, 2.05) is 0 Å². The number of hydrogen-bond acceptors (Lipinski definition) is 8. The van der Waals surface area contributed by atoms with Crippen molar-refractivity contribution in [2.75, 3.05) is 20.3 Å². The third-order valence-corrected chi connectivity index (χ3v) is 4.95. The van der Waals surface area contributed by atoms with Gasteiger partial charge in [0.15, 0.2) is 0 Å². The summed E-state index contributed by atoms with van der Waals surface area (Å²) in [4.78, 5) is 12.4. The standard InChI is InChI=1S/C17H20O7S/c1-3-8-23-15-13(19)11(9-18)24-17(14(15)20)25-12-7-5-4-6-10(12)16(21)22-2/h1,4-7,11,13-15,17-20H,8-9H2,2H3/t11-,13+,14-,15+,17+/m1/s1. The van der Waals surface area contributed by atoms with Crippen LogP contribution in [0.15, 0.2) is 29.2 Å². The zero-order chi connectivity index (χ0) is 18.4. The van der Waals surface area contributed by atoms with Crippen molar-refractivity contribution in [2.45, 2.75) is 34.7 Å². The molecule has 0 spiro atoms. The maximum atomic E-state index is 11.9. The van der Waals surface area contributed by atoms with Crippen LogP contribution in [-0.4, -0.2) is 71.5 Å². The normalized spacial score (nSPS) is 29.0. The zero-order valence-electron chi connectivity index (χ0n) is 13.6. The number of aliphatic hydroxyl groups excluding tert-OH is 3. The SMILES string of the molecule is C#CCO[C@H]1[C@@H](O)[C@@H](CO)O[C@@H](Sc2ccccc2C(=O)OC)[C@@H]1O. The average Bonchev–Trinajstić information content (AvgIpc) is 2.63. The van der Waals surface area contributed by atoms with E-state index in [1.54, 1.807) is 24.3 Å². The Balaban J connectivity index is 2.23. The van der Waals surface area contributed by atoms with E-state index in [9.17, 15) is 20.1 Å². The second kappa shape index (κ2) is 9.20. The van der Waals surface area contributed by atoms with Gasteiger partial charge in [-0.15, -0.1) is 6.42 Å². The minimum absolute atomic E-state index is 0.104. The topological polar surface area (TPSA) is 105 Å². The molecule has 25 heavy (non-hydrogen) atoms. The molecule has 2 rings (SSSR count). The highest BCUT2D eigenvalue weighted by Crippen LogP contribution is 2.36. The van der Waals surface area contributed by atoms with E-state index >= 15 is 0 Å². The highest BCUT2D eigenvalue weighted by atomic mass is 32.2. The number of terminal acetylenes is 1. The quantitative estimate of drug-likeness (QED) is 0.477. The molecule has 3 N–H and O–H groups in total. The van der Waals surface area contributed by atoms with Gasteiger partial charge >= 0.3 is 5.97 Å². The minimum Gasteiger partial charge on any atom is -0.465 e. The van der Waals surface area contributed by atoms with Crippen LogP contribution in [0.2, 0.25) is 0 Å². The van der Waals surface area contributed by atoms with E-state index in [0.717, 1.165) is 11.8 Å². The molecule has 0 aromatic heterocycles. The Morgan fingerprint density at radius 3 is 2.72 bits per heavy atom. The van der Waals surface area contributed by atoms with Crippen molar-refractivity contribution in [3.63, 3.8) is 0 Å². The Hall–Kier alpha value is -1.60. The molecular formula is C17H20O7S. The lowest BCUT2D eigenvalue weighted by Crippen LogP contribution is -2.58. The van der Waals surface area contributed by atoms with Gasteiger partial charge in [-0.3, -0.25) is 0 Å². The van der Waals surface area contributed by atoms with Gasteiger partial charge in [0.2, 0.25) is 0 Å². The van der Waals surface area contributed by atoms with Gasteiger partial charge in [0, 0.05) is 4.90 Å². The van der Waals surface area contributed by atoms with E-state index in [1.165, 1.54) is 7.11 Å². The number of thioether (sulfide) groups is 1. The molecule has 1 saturated heterocycles. The maximum Gasteiger partial charge on any atom is 0.338 e. The van der Waals surface area contributed by atoms with Gasteiger partial charge in [-0.1, -0.05) is 29.8 Å². The molecule has 1 aliphatic rings. The largest absolute Gasteiger partial charge is 0.465 e. The van der Waals surface area contributed by atoms with Gasteiger partial charge in [0.05, 0.1) is 19.3 Å². The lowest BCUT2D eigenvalue weighted by Gasteiger charge is -2.41. The van der Waals surface area contributed by atoms with Gasteiger partial charge < -0.3 is 29.5 Å². The molecule has 1 fully saturated rings. The molecular weight excluding hydrogens is 348 g/mol. The summed E-state index contributed by atoms with van der Waals surface area (Å²) >= 11 is 1.07. The molecule has 1 aromatic carbocycles. The van der Waals surface area contributed by atoms with Crippen molar-refractivity contribution in [2.24, 2.45) is 0 Å². The van der Waals surface area contributed by atoms with Gasteiger partial charge in [-0.25, -0.2) is 4.79 Å². The van der Waals surface area contributed by atoms with Crippen molar-refractivity contribution in [1.29, 1.82) is 0 Å². The molecule has 1 aromatic rings. The number of aliphatic hydroxyl groups is 3. The van der Waals surface area contributed by atoms with E-state index < -0.39 is 42.4 Å².